The van der Waals surface area contributed by atoms with Crippen LogP contribution in [0.2, 0.25) is 0 Å². The van der Waals surface area contributed by atoms with E-state index in [1.54, 1.807) is 6.33 Å². The van der Waals surface area contributed by atoms with Crippen molar-refractivity contribution < 1.29 is 4.79 Å². The number of aromatic nitrogens is 2. The fourth-order valence-corrected chi connectivity index (χ4v) is 2.65. The standard InChI is InChI=1S/C13H21N5O/c1-9-12(15-2)16-8-17-13(9)18-5-3-10(4-6-18)7-11(14)19/h8,10H,3-7H2,1-2H3,(H2,14,19)(H,15,16,17). The lowest BCUT2D eigenvalue weighted by Gasteiger charge is -2.33. The van der Waals surface area contributed by atoms with Gasteiger partial charge < -0.3 is 16.0 Å². The van der Waals surface area contributed by atoms with Gasteiger partial charge in [-0.15, -0.1) is 0 Å². The highest BCUT2D eigenvalue weighted by Crippen LogP contribution is 2.27. The molecule has 19 heavy (non-hydrogen) atoms. The van der Waals surface area contributed by atoms with Crippen molar-refractivity contribution in [2.75, 3.05) is 30.4 Å². The molecule has 6 nitrogen and oxygen atoms in total. The van der Waals surface area contributed by atoms with Gasteiger partial charge in [-0.25, -0.2) is 9.97 Å². The van der Waals surface area contributed by atoms with Crippen molar-refractivity contribution in [1.29, 1.82) is 0 Å². The molecule has 6 heteroatoms. The average molecular weight is 263 g/mol. The van der Waals surface area contributed by atoms with Gasteiger partial charge in [0, 0.05) is 32.1 Å². The molecule has 1 aromatic heterocycles. The molecule has 2 rings (SSSR count). The minimum atomic E-state index is -0.200. The molecule has 2 heterocycles. The zero-order chi connectivity index (χ0) is 13.8. The monoisotopic (exact) mass is 263 g/mol. The number of hydrogen-bond donors (Lipinski definition) is 2. The quantitative estimate of drug-likeness (QED) is 0.844. The lowest BCUT2D eigenvalue weighted by atomic mass is 9.93. The fraction of sp³-hybridized carbons (Fsp3) is 0.615. The van der Waals surface area contributed by atoms with Crippen LogP contribution in [0.5, 0.6) is 0 Å². The maximum Gasteiger partial charge on any atom is 0.217 e. The Morgan fingerprint density at radius 3 is 2.74 bits per heavy atom. The molecule has 1 aliphatic heterocycles. The van der Waals surface area contributed by atoms with Crippen LogP contribution >= 0.6 is 0 Å². The Morgan fingerprint density at radius 1 is 1.47 bits per heavy atom. The van der Waals surface area contributed by atoms with Crippen molar-refractivity contribution in [2.24, 2.45) is 11.7 Å². The number of primary amides is 1. The topological polar surface area (TPSA) is 84.1 Å². The molecule has 1 aromatic rings. The molecule has 1 saturated heterocycles. The van der Waals surface area contributed by atoms with Gasteiger partial charge in [0.1, 0.15) is 18.0 Å². The van der Waals surface area contributed by atoms with E-state index in [4.69, 9.17) is 5.73 Å². The van der Waals surface area contributed by atoms with E-state index >= 15 is 0 Å². The zero-order valence-corrected chi connectivity index (χ0v) is 11.5. The highest BCUT2D eigenvalue weighted by molar-refractivity contribution is 5.74. The van der Waals surface area contributed by atoms with Crippen LogP contribution in [0.3, 0.4) is 0 Å². The van der Waals surface area contributed by atoms with E-state index in [0.717, 1.165) is 43.1 Å². The third-order valence-electron chi connectivity index (χ3n) is 3.70. The summed E-state index contributed by atoms with van der Waals surface area (Å²) in [6.07, 6.45) is 4.06. The number of nitrogens with one attached hydrogen (secondary N) is 1. The van der Waals surface area contributed by atoms with E-state index in [1.165, 1.54) is 0 Å². The molecular weight excluding hydrogens is 242 g/mol. The van der Waals surface area contributed by atoms with E-state index in [2.05, 4.69) is 20.2 Å². The normalized spacial score (nSPS) is 16.4. The summed E-state index contributed by atoms with van der Waals surface area (Å²) in [5.41, 5.74) is 6.32. The predicted molar refractivity (Wildman–Crippen MR) is 75.1 cm³/mol. The summed E-state index contributed by atoms with van der Waals surface area (Å²) in [5.74, 6) is 2.06. The maximum atomic E-state index is 10.9. The number of hydrogen-bond acceptors (Lipinski definition) is 5. The van der Waals surface area contributed by atoms with Crippen LogP contribution in [-0.2, 0) is 4.79 Å². The van der Waals surface area contributed by atoms with Gasteiger partial charge in [-0.3, -0.25) is 4.79 Å². The lowest BCUT2D eigenvalue weighted by molar-refractivity contribution is -0.119. The largest absolute Gasteiger partial charge is 0.373 e. The van der Waals surface area contributed by atoms with Gasteiger partial charge in [0.05, 0.1) is 0 Å². The molecule has 0 bridgehead atoms. The first kappa shape index (κ1) is 13.6. The Labute approximate surface area is 113 Å². The molecule has 1 fully saturated rings. The van der Waals surface area contributed by atoms with Crippen molar-refractivity contribution in [3.05, 3.63) is 11.9 Å². The first-order valence-electron chi connectivity index (χ1n) is 6.64. The van der Waals surface area contributed by atoms with Gasteiger partial charge in [0.25, 0.3) is 0 Å². The molecule has 0 saturated carbocycles. The summed E-state index contributed by atoms with van der Waals surface area (Å²) in [5, 5.41) is 3.07. The number of nitrogens with two attached hydrogens (primary N) is 1. The summed E-state index contributed by atoms with van der Waals surface area (Å²) in [4.78, 5) is 21.8. The molecule has 0 aromatic carbocycles. The van der Waals surface area contributed by atoms with E-state index in [-0.39, 0.29) is 5.91 Å². The molecule has 0 atom stereocenters. The maximum absolute atomic E-state index is 10.9. The highest BCUT2D eigenvalue weighted by atomic mass is 16.1. The molecule has 3 N–H and O–H groups in total. The summed E-state index contributed by atoms with van der Waals surface area (Å²) in [6.45, 7) is 3.86. The zero-order valence-electron chi connectivity index (χ0n) is 11.5. The van der Waals surface area contributed by atoms with Crippen molar-refractivity contribution >= 4 is 17.5 Å². The molecular formula is C13H21N5O. The van der Waals surface area contributed by atoms with E-state index in [0.29, 0.717) is 12.3 Å². The second-order valence-corrected chi connectivity index (χ2v) is 5.02. The van der Waals surface area contributed by atoms with Gasteiger partial charge in [-0.05, 0) is 25.7 Å². The van der Waals surface area contributed by atoms with Gasteiger partial charge >= 0.3 is 0 Å². The van der Waals surface area contributed by atoms with Crippen LogP contribution in [0.1, 0.15) is 24.8 Å². The van der Waals surface area contributed by atoms with Gasteiger partial charge in [-0.1, -0.05) is 0 Å². The number of carbonyl (C=O) groups excluding carboxylic acids is 1. The first-order valence-corrected chi connectivity index (χ1v) is 6.64. The average Bonchev–Trinajstić information content (AvgIpc) is 2.39. The number of nitrogens with zero attached hydrogens (tertiary/aromatic N) is 3. The summed E-state index contributed by atoms with van der Waals surface area (Å²) in [6, 6.07) is 0. The van der Waals surface area contributed by atoms with Crippen LogP contribution in [0.15, 0.2) is 6.33 Å². The Morgan fingerprint density at radius 2 is 2.16 bits per heavy atom. The van der Waals surface area contributed by atoms with Gasteiger partial charge in [0.15, 0.2) is 0 Å². The van der Waals surface area contributed by atoms with E-state index < -0.39 is 0 Å². The first-order chi connectivity index (χ1) is 9.11. The van der Waals surface area contributed by atoms with Gasteiger partial charge in [-0.2, -0.15) is 0 Å². The number of anilines is 2. The Hall–Kier alpha value is -1.85. The third-order valence-corrected chi connectivity index (χ3v) is 3.70. The number of amides is 1. The fourth-order valence-electron chi connectivity index (χ4n) is 2.65. The predicted octanol–water partition coefficient (Wildman–Crippen LogP) is 0.919. The van der Waals surface area contributed by atoms with Crippen LogP contribution in [-0.4, -0.2) is 36.0 Å². The van der Waals surface area contributed by atoms with Crippen LogP contribution in [0.4, 0.5) is 11.6 Å². The Kier molecular flexibility index (Phi) is 4.19. The Bertz CT molecular complexity index is 454. The van der Waals surface area contributed by atoms with Crippen molar-refractivity contribution in [2.45, 2.75) is 26.2 Å². The minimum absolute atomic E-state index is 0.200. The minimum Gasteiger partial charge on any atom is -0.373 e. The Balaban J connectivity index is 2.03. The number of rotatable bonds is 4. The molecule has 1 aliphatic rings. The van der Waals surface area contributed by atoms with Crippen molar-refractivity contribution in [1.82, 2.24) is 9.97 Å². The van der Waals surface area contributed by atoms with Crippen LogP contribution in [0.25, 0.3) is 0 Å². The van der Waals surface area contributed by atoms with Crippen molar-refractivity contribution in [3.8, 4) is 0 Å². The summed E-state index contributed by atoms with van der Waals surface area (Å²) >= 11 is 0. The molecule has 104 valence electrons. The number of carbonyl (C=O) groups is 1. The van der Waals surface area contributed by atoms with Crippen LogP contribution < -0.4 is 16.0 Å². The molecule has 0 radical (unpaired) electrons. The summed E-state index contributed by atoms with van der Waals surface area (Å²) < 4.78 is 0. The molecule has 0 aliphatic carbocycles. The van der Waals surface area contributed by atoms with Crippen LogP contribution in [0, 0.1) is 12.8 Å². The van der Waals surface area contributed by atoms with Crippen molar-refractivity contribution in [3.63, 3.8) is 0 Å². The molecule has 0 unspecified atom stereocenters. The second-order valence-electron chi connectivity index (χ2n) is 5.02. The molecule has 1 amide bonds. The third kappa shape index (κ3) is 3.13. The van der Waals surface area contributed by atoms with E-state index in [1.807, 2.05) is 14.0 Å². The lowest BCUT2D eigenvalue weighted by Crippen LogP contribution is -2.36. The number of piperidine rings is 1. The van der Waals surface area contributed by atoms with Gasteiger partial charge in [0.2, 0.25) is 5.91 Å². The smallest absolute Gasteiger partial charge is 0.217 e. The second kappa shape index (κ2) is 5.86. The SMILES string of the molecule is CNc1ncnc(N2CCC(CC(N)=O)CC2)c1C. The van der Waals surface area contributed by atoms with E-state index in [9.17, 15) is 4.79 Å². The highest BCUT2D eigenvalue weighted by Gasteiger charge is 2.23. The summed E-state index contributed by atoms with van der Waals surface area (Å²) in [7, 11) is 1.86. The molecule has 0 spiro atoms.